The molecule has 0 aliphatic heterocycles. The molecule has 1 aromatic heterocycles. The molecule has 0 atom stereocenters. The van der Waals surface area contributed by atoms with E-state index < -0.39 is 29.2 Å². The lowest BCUT2D eigenvalue weighted by Crippen LogP contribution is -2.21. The Kier molecular flexibility index (Phi) is 5.10. The number of rotatable bonds is 4. The summed E-state index contributed by atoms with van der Waals surface area (Å²) in [5.74, 6) is -1.77. The summed E-state index contributed by atoms with van der Waals surface area (Å²) in [5.41, 5.74) is 3.56. The zero-order valence-electron chi connectivity index (χ0n) is 14.0. The molecule has 28 heavy (non-hydrogen) atoms. The number of hydrogen-bond acceptors (Lipinski definition) is 3. The van der Waals surface area contributed by atoms with Gasteiger partial charge in [0.25, 0.3) is 5.91 Å². The van der Waals surface area contributed by atoms with Gasteiger partial charge in [-0.1, -0.05) is 17.7 Å². The topological polar surface area (TPSA) is 90.0 Å². The summed E-state index contributed by atoms with van der Waals surface area (Å²) in [7, 11) is 0. The monoisotopic (exact) mass is 408 g/mol. The Labute approximate surface area is 161 Å². The summed E-state index contributed by atoms with van der Waals surface area (Å²) in [6, 6.07) is 11.1. The molecule has 144 valence electrons. The van der Waals surface area contributed by atoms with Gasteiger partial charge in [-0.15, -0.1) is 0 Å². The van der Waals surface area contributed by atoms with E-state index in [9.17, 15) is 22.8 Å². The summed E-state index contributed by atoms with van der Waals surface area (Å²) in [6.07, 6.45) is -4.03. The zero-order valence-corrected chi connectivity index (χ0v) is 14.8. The van der Waals surface area contributed by atoms with Crippen LogP contribution in [0.3, 0.4) is 0 Å². The maximum Gasteiger partial charge on any atom is 0.434 e. The fourth-order valence-electron chi connectivity index (χ4n) is 2.51. The molecule has 3 rings (SSSR count). The van der Waals surface area contributed by atoms with Crippen LogP contribution >= 0.6 is 11.6 Å². The standard InChI is InChI=1S/C18H12ClF3N4O2/c19-11-4-6-13(7-5-11)26-15(18(20,21)22)14(9-24-26)17(28)25-12-3-1-2-10(8-12)16(23)27/h1-9H,(H2,23,27)(H,25,28). The van der Waals surface area contributed by atoms with Gasteiger partial charge in [0.2, 0.25) is 5.91 Å². The number of anilines is 1. The zero-order chi connectivity index (χ0) is 20.5. The smallest absolute Gasteiger partial charge is 0.366 e. The molecule has 10 heteroatoms. The molecule has 3 N–H and O–H groups in total. The second-order valence-electron chi connectivity index (χ2n) is 5.69. The number of carbonyl (C=O) groups excluding carboxylic acids is 2. The van der Waals surface area contributed by atoms with Crippen LogP contribution in [-0.2, 0) is 6.18 Å². The van der Waals surface area contributed by atoms with Crippen molar-refractivity contribution in [2.75, 3.05) is 5.32 Å². The summed E-state index contributed by atoms with van der Waals surface area (Å²) in [6.45, 7) is 0. The van der Waals surface area contributed by atoms with Crippen molar-refractivity contribution in [3.63, 3.8) is 0 Å². The van der Waals surface area contributed by atoms with Crippen molar-refractivity contribution in [2.24, 2.45) is 5.73 Å². The van der Waals surface area contributed by atoms with Gasteiger partial charge in [0.1, 0.15) is 0 Å². The molecular weight excluding hydrogens is 397 g/mol. The Bertz CT molecular complexity index is 1050. The van der Waals surface area contributed by atoms with Gasteiger partial charge in [0, 0.05) is 16.3 Å². The van der Waals surface area contributed by atoms with Crippen molar-refractivity contribution in [3.05, 3.63) is 76.6 Å². The highest BCUT2D eigenvalue weighted by Crippen LogP contribution is 2.34. The molecule has 0 aliphatic rings. The number of carbonyl (C=O) groups is 2. The van der Waals surface area contributed by atoms with Crippen molar-refractivity contribution < 1.29 is 22.8 Å². The molecule has 0 saturated heterocycles. The van der Waals surface area contributed by atoms with E-state index >= 15 is 0 Å². The second-order valence-corrected chi connectivity index (χ2v) is 6.13. The van der Waals surface area contributed by atoms with Crippen LogP contribution in [-0.4, -0.2) is 21.6 Å². The number of aromatic nitrogens is 2. The number of halogens is 4. The maximum absolute atomic E-state index is 13.6. The van der Waals surface area contributed by atoms with Crippen LogP contribution in [0.1, 0.15) is 26.4 Å². The van der Waals surface area contributed by atoms with Crippen molar-refractivity contribution in [2.45, 2.75) is 6.18 Å². The molecule has 1 heterocycles. The van der Waals surface area contributed by atoms with Crippen LogP contribution in [0.25, 0.3) is 5.69 Å². The molecule has 0 saturated carbocycles. The molecular formula is C18H12ClF3N4O2. The summed E-state index contributed by atoms with van der Waals surface area (Å²) in [5, 5.41) is 6.37. The first-order valence-electron chi connectivity index (χ1n) is 7.79. The first-order valence-corrected chi connectivity index (χ1v) is 8.17. The largest absolute Gasteiger partial charge is 0.434 e. The molecule has 2 amide bonds. The minimum atomic E-state index is -4.85. The van der Waals surface area contributed by atoms with E-state index in [1.807, 2.05) is 0 Å². The molecule has 0 unspecified atom stereocenters. The van der Waals surface area contributed by atoms with E-state index in [1.54, 1.807) is 0 Å². The van der Waals surface area contributed by atoms with E-state index in [-0.39, 0.29) is 16.9 Å². The van der Waals surface area contributed by atoms with E-state index in [0.29, 0.717) is 9.70 Å². The first-order chi connectivity index (χ1) is 13.2. The van der Waals surface area contributed by atoms with Crippen LogP contribution in [0.15, 0.2) is 54.7 Å². The molecule has 3 aromatic rings. The SMILES string of the molecule is NC(=O)c1cccc(NC(=O)c2cnn(-c3ccc(Cl)cc3)c2C(F)(F)F)c1. The van der Waals surface area contributed by atoms with Crippen LogP contribution in [0.5, 0.6) is 0 Å². The van der Waals surface area contributed by atoms with E-state index in [2.05, 4.69) is 10.4 Å². The van der Waals surface area contributed by atoms with Crippen molar-refractivity contribution >= 4 is 29.1 Å². The van der Waals surface area contributed by atoms with E-state index in [4.69, 9.17) is 17.3 Å². The number of nitrogens with zero attached hydrogens (tertiary/aromatic N) is 2. The quantitative estimate of drug-likeness (QED) is 0.686. The lowest BCUT2D eigenvalue weighted by Gasteiger charge is -2.13. The highest BCUT2D eigenvalue weighted by atomic mass is 35.5. The third-order valence-electron chi connectivity index (χ3n) is 3.76. The Morgan fingerprint density at radius 3 is 2.39 bits per heavy atom. The van der Waals surface area contributed by atoms with Gasteiger partial charge >= 0.3 is 6.18 Å². The number of primary amides is 1. The predicted octanol–water partition coefficient (Wildman–Crippen LogP) is 3.90. The van der Waals surface area contributed by atoms with Gasteiger partial charge < -0.3 is 11.1 Å². The molecule has 6 nitrogen and oxygen atoms in total. The molecule has 0 radical (unpaired) electrons. The van der Waals surface area contributed by atoms with Gasteiger partial charge in [-0.05, 0) is 42.5 Å². The average molecular weight is 409 g/mol. The second kappa shape index (κ2) is 7.35. The van der Waals surface area contributed by atoms with Crippen molar-refractivity contribution in [3.8, 4) is 5.69 Å². The van der Waals surface area contributed by atoms with Crippen molar-refractivity contribution in [1.82, 2.24) is 9.78 Å². The van der Waals surface area contributed by atoms with Gasteiger partial charge in [0.15, 0.2) is 5.69 Å². The first kappa shape index (κ1) is 19.4. The third-order valence-corrected chi connectivity index (χ3v) is 4.01. The van der Waals surface area contributed by atoms with Crippen LogP contribution in [0, 0.1) is 0 Å². The normalized spacial score (nSPS) is 11.3. The van der Waals surface area contributed by atoms with Crippen LogP contribution < -0.4 is 11.1 Å². The Balaban J connectivity index is 2.00. The highest BCUT2D eigenvalue weighted by molar-refractivity contribution is 6.30. The average Bonchev–Trinajstić information content (AvgIpc) is 3.08. The molecule has 0 bridgehead atoms. The van der Waals surface area contributed by atoms with Gasteiger partial charge in [0.05, 0.1) is 17.4 Å². The van der Waals surface area contributed by atoms with Gasteiger partial charge in [-0.2, -0.15) is 18.3 Å². The Morgan fingerprint density at radius 2 is 1.79 bits per heavy atom. The summed E-state index contributed by atoms with van der Waals surface area (Å²) >= 11 is 5.76. The van der Waals surface area contributed by atoms with E-state index in [1.165, 1.54) is 48.5 Å². The lowest BCUT2D eigenvalue weighted by atomic mass is 10.1. The number of alkyl halides is 3. The fraction of sp³-hybridized carbons (Fsp3) is 0.0556. The fourth-order valence-corrected chi connectivity index (χ4v) is 2.64. The van der Waals surface area contributed by atoms with Crippen LogP contribution in [0.4, 0.5) is 18.9 Å². The Morgan fingerprint density at radius 1 is 1.11 bits per heavy atom. The minimum absolute atomic E-state index is 0.0894. The predicted molar refractivity (Wildman–Crippen MR) is 96.5 cm³/mol. The van der Waals surface area contributed by atoms with Gasteiger partial charge in [-0.25, -0.2) is 4.68 Å². The lowest BCUT2D eigenvalue weighted by molar-refractivity contribution is -0.143. The Hall–Kier alpha value is -3.33. The number of nitrogens with one attached hydrogen (secondary N) is 1. The summed E-state index contributed by atoms with van der Waals surface area (Å²) < 4.78 is 41.6. The molecule has 0 aliphatic carbocycles. The number of nitrogens with two attached hydrogens (primary N) is 1. The maximum atomic E-state index is 13.6. The number of amides is 2. The van der Waals surface area contributed by atoms with Crippen LogP contribution in [0.2, 0.25) is 5.02 Å². The van der Waals surface area contributed by atoms with Crippen molar-refractivity contribution in [1.29, 1.82) is 0 Å². The third kappa shape index (κ3) is 3.99. The number of hydrogen-bond donors (Lipinski definition) is 2. The molecule has 0 fully saturated rings. The molecule has 0 spiro atoms. The minimum Gasteiger partial charge on any atom is -0.366 e. The molecule has 2 aromatic carbocycles. The summed E-state index contributed by atoms with van der Waals surface area (Å²) in [4.78, 5) is 23.7. The number of benzene rings is 2. The highest BCUT2D eigenvalue weighted by Gasteiger charge is 2.40. The van der Waals surface area contributed by atoms with Gasteiger partial charge in [-0.3, -0.25) is 9.59 Å². The van der Waals surface area contributed by atoms with E-state index in [0.717, 1.165) is 6.20 Å².